The number of hydrogen-bond donors (Lipinski definition) is 0. The molecule has 1 aliphatic rings. The summed E-state index contributed by atoms with van der Waals surface area (Å²) in [6.07, 6.45) is 5.12. The van der Waals surface area contributed by atoms with Crippen molar-refractivity contribution >= 4 is 15.7 Å². The van der Waals surface area contributed by atoms with Gasteiger partial charge in [0.1, 0.15) is 0 Å². The summed E-state index contributed by atoms with van der Waals surface area (Å²) in [5.74, 6) is -0.165. The molecule has 1 heterocycles. The van der Waals surface area contributed by atoms with Gasteiger partial charge in [0, 0.05) is 18.2 Å². The van der Waals surface area contributed by atoms with Crippen LogP contribution in [-0.2, 0) is 28.7 Å². The Labute approximate surface area is 189 Å². The van der Waals surface area contributed by atoms with Gasteiger partial charge in [0.15, 0.2) is 0 Å². The van der Waals surface area contributed by atoms with Crippen LogP contribution in [-0.4, -0.2) is 34.8 Å². The number of allylic oxidation sites excluding steroid dienone is 1. The zero-order valence-corrected chi connectivity index (χ0v) is 19.0. The summed E-state index contributed by atoms with van der Waals surface area (Å²) in [5, 5.41) is 0.00957. The summed E-state index contributed by atoms with van der Waals surface area (Å²) >= 11 is 0. The Balaban J connectivity index is 1.65. The minimum Gasteiger partial charge on any atom is -0.330 e. The third-order valence-electron chi connectivity index (χ3n) is 5.65. The molecule has 1 aromatic heterocycles. The maximum Gasteiger partial charge on any atom is 0.254 e. The lowest BCUT2D eigenvalue weighted by molar-refractivity contribution is 0.0725. The molecule has 2 aromatic carbocycles. The molecule has 3 aromatic rings. The van der Waals surface area contributed by atoms with Crippen molar-refractivity contribution in [1.82, 2.24) is 14.5 Å². The van der Waals surface area contributed by atoms with Gasteiger partial charge in [-0.2, -0.15) is 0 Å². The second-order valence-electron chi connectivity index (χ2n) is 8.16. The van der Waals surface area contributed by atoms with Crippen molar-refractivity contribution in [3.8, 4) is 0 Å². The molecule has 166 valence electrons. The molecule has 4 rings (SSSR count). The van der Waals surface area contributed by atoms with Crippen molar-refractivity contribution in [3.63, 3.8) is 0 Å². The Hall–Kier alpha value is -3.19. The van der Waals surface area contributed by atoms with E-state index < -0.39 is 9.84 Å². The number of amides is 1. The van der Waals surface area contributed by atoms with Crippen LogP contribution in [0.3, 0.4) is 0 Å². The first-order valence-corrected chi connectivity index (χ1v) is 12.3. The maximum atomic E-state index is 13.3. The summed E-state index contributed by atoms with van der Waals surface area (Å²) in [6, 6.07) is 16.8. The highest BCUT2D eigenvalue weighted by Gasteiger charge is 2.35. The molecular weight excluding hydrogens is 422 g/mol. The van der Waals surface area contributed by atoms with Crippen LogP contribution in [0, 0.1) is 6.92 Å². The third-order valence-corrected chi connectivity index (χ3v) is 7.24. The number of sulfone groups is 1. The number of benzene rings is 2. The van der Waals surface area contributed by atoms with Crippen LogP contribution in [0.2, 0.25) is 0 Å². The molecule has 6 nitrogen and oxygen atoms in total. The monoisotopic (exact) mass is 449 g/mol. The lowest BCUT2D eigenvalue weighted by Gasteiger charge is -2.24. The standard InChI is InChI=1S/C25H27N3O3S/c1-3-15-27-22(16-26-25(27)32(30,31)18-20-10-5-4-6-11-20)17-28(21-13-14-21)24(29)23-12-8-7-9-19(23)2/h3-12,16,21H,1,13-15,17-18H2,2H3. The second kappa shape index (κ2) is 9.12. The molecule has 7 heteroatoms. The molecule has 0 radical (unpaired) electrons. The first-order valence-electron chi connectivity index (χ1n) is 10.7. The molecule has 32 heavy (non-hydrogen) atoms. The number of imidazole rings is 1. The molecule has 0 aliphatic heterocycles. The average molecular weight is 450 g/mol. The van der Waals surface area contributed by atoms with Crippen LogP contribution in [0.5, 0.6) is 0 Å². The molecule has 0 unspecified atom stereocenters. The minimum atomic E-state index is -3.66. The lowest BCUT2D eigenvalue weighted by Crippen LogP contribution is -2.34. The van der Waals surface area contributed by atoms with E-state index in [1.165, 1.54) is 0 Å². The molecule has 1 fully saturated rings. The normalized spacial score (nSPS) is 13.7. The molecule has 1 aliphatic carbocycles. The van der Waals surface area contributed by atoms with Gasteiger partial charge >= 0.3 is 0 Å². The maximum absolute atomic E-state index is 13.3. The first kappa shape index (κ1) is 22.0. The van der Waals surface area contributed by atoms with E-state index in [2.05, 4.69) is 11.6 Å². The van der Waals surface area contributed by atoms with Crippen molar-refractivity contribution in [3.05, 3.63) is 95.8 Å². The van der Waals surface area contributed by atoms with E-state index in [0.29, 0.717) is 29.9 Å². The van der Waals surface area contributed by atoms with E-state index in [-0.39, 0.29) is 22.9 Å². The van der Waals surface area contributed by atoms with E-state index in [1.807, 2.05) is 54.3 Å². The van der Waals surface area contributed by atoms with Crippen LogP contribution in [0.25, 0.3) is 0 Å². The summed E-state index contributed by atoms with van der Waals surface area (Å²) in [4.78, 5) is 19.4. The van der Waals surface area contributed by atoms with Gasteiger partial charge < -0.3 is 9.47 Å². The van der Waals surface area contributed by atoms with Crippen molar-refractivity contribution in [1.29, 1.82) is 0 Å². The first-order chi connectivity index (χ1) is 15.4. The topological polar surface area (TPSA) is 72.3 Å². The molecule has 1 saturated carbocycles. The number of hydrogen-bond acceptors (Lipinski definition) is 4. The zero-order chi connectivity index (χ0) is 22.7. The van der Waals surface area contributed by atoms with Crippen LogP contribution >= 0.6 is 0 Å². The molecule has 1 amide bonds. The highest BCUT2D eigenvalue weighted by Crippen LogP contribution is 2.31. The van der Waals surface area contributed by atoms with E-state index >= 15 is 0 Å². The van der Waals surface area contributed by atoms with E-state index in [1.54, 1.807) is 29.0 Å². The third kappa shape index (κ3) is 4.67. The van der Waals surface area contributed by atoms with Crippen molar-refractivity contribution < 1.29 is 13.2 Å². The van der Waals surface area contributed by atoms with Crippen LogP contribution in [0.1, 0.15) is 40.0 Å². The van der Waals surface area contributed by atoms with E-state index in [9.17, 15) is 13.2 Å². The smallest absolute Gasteiger partial charge is 0.254 e. The Morgan fingerprint density at radius 3 is 2.50 bits per heavy atom. The van der Waals surface area contributed by atoms with Gasteiger partial charge in [0.2, 0.25) is 15.0 Å². The van der Waals surface area contributed by atoms with Gasteiger partial charge in [0.05, 0.1) is 24.2 Å². The molecule has 0 N–H and O–H groups in total. The molecule has 0 saturated heterocycles. The second-order valence-corrected chi connectivity index (χ2v) is 10.0. The number of nitrogens with zero attached hydrogens (tertiary/aromatic N) is 3. The van der Waals surface area contributed by atoms with Crippen LogP contribution in [0.4, 0.5) is 0 Å². The predicted molar refractivity (Wildman–Crippen MR) is 124 cm³/mol. The van der Waals surface area contributed by atoms with E-state index in [4.69, 9.17) is 0 Å². The molecular formula is C25H27N3O3S. The van der Waals surface area contributed by atoms with Crippen molar-refractivity contribution in [2.75, 3.05) is 0 Å². The highest BCUT2D eigenvalue weighted by atomic mass is 32.2. The number of carbonyl (C=O) groups is 1. The molecule has 0 spiro atoms. The quantitative estimate of drug-likeness (QED) is 0.460. The summed E-state index contributed by atoms with van der Waals surface area (Å²) in [5.41, 5.74) is 2.99. The van der Waals surface area contributed by atoms with Crippen LogP contribution in [0.15, 0.2) is 78.6 Å². The Morgan fingerprint density at radius 2 is 1.84 bits per heavy atom. The summed E-state index contributed by atoms with van der Waals surface area (Å²) in [7, 11) is -3.66. The fourth-order valence-corrected chi connectivity index (χ4v) is 5.35. The Kier molecular flexibility index (Phi) is 6.28. The Bertz CT molecular complexity index is 1230. The van der Waals surface area contributed by atoms with Crippen molar-refractivity contribution in [2.24, 2.45) is 0 Å². The minimum absolute atomic E-state index is 0.00957. The van der Waals surface area contributed by atoms with Crippen molar-refractivity contribution in [2.45, 2.75) is 49.8 Å². The molecule has 0 bridgehead atoms. The number of carbonyl (C=O) groups excluding carboxylic acids is 1. The Morgan fingerprint density at radius 1 is 1.16 bits per heavy atom. The van der Waals surface area contributed by atoms with Gasteiger partial charge in [-0.3, -0.25) is 4.79 Å². The fraction of sp³-hybridized carbons (Fsp3) is 0.280. The largest absolute Gasteiger partial charge is 0.330 e. The fourth-order valence-electron chi connectivity index (χ4n) is 3.84. The van der Waals surface area contributed by atoms with Gasteiger partial charge in [-0.25, -0.2) is 13.4 Å². The SMILES string of the molecule is C=CCn1c(CN(C(=O)c2ccccc2C)C2CC2)cnc1S(=O)(=O)Cc1ccccc1. The van der Waals surface area contributed by atoms with Crippen LogP contribution < -0.4 is 0 Å². The average Bonchev–Trinajstić information content (AvgIpc) is 3.53. The number of aryl methyl sites for hydroxylation is 1. The number of aromatic nitrogens is 2. The summed E-state index contributed by atoms with van der Waals surface area (Å²) < 4.78 is 27.9. The zero-order valence-electron chi connectivity index (χ0n) is 18.1. The summed E-state index contributed by atoms with van der Waals surface area (Å²) in [6.45, 7) is 6.31. The lowest BCUT2D eigenvalue weighted by atomic mass is 10.1. The predicted octanol–water partition coefficient (Wildman–Crippen LogP) is 4.16. The van der Waals surface area contributed by atoms with Gasteiger partial charge in [-0.1, -0.05) is 54.6 Å². The van der Waals surface area contributed by atoms with Gasteiger partial charge in [-0.15, -0.1) is 6.58 Å². The highest BCUT2D eigenvalue weighted by molar-refractivity contribution is 7.90. The van der Waals surface area contributed by atoms with E-state index in [0.717, 1.165) is 18.4 Å². The van der Waals surface area contributed by atoms with Gasteiger partial charge in [0.25, 0.3) is 5.91 Å². The number of rotatable bonds is 9. The molecule has 0 atom stereocenters. The van der Waals surface area contributed by atoms with Gasteiger partial charge in [-0.05, 0) is 37.0 Å².